The van der Waals surface area contributed by atoms with Crippen LogP contribution in [0.15, 0.2) is 11.4 Å². The molecule has 1 aromatic heterocycles. The average Bonchev–Trinajstić information content (AvgIpc) is 2.81. The summed E-state index contributed by atoms with van der Waals surface area (Å²) in [5.41, 5.74) is 6.74. The standard InChI is InChI=1S/C12H17F3N2S/c1-7(2)17-4-3-9(16)11(17)8-5-10(18-6-8)12(13,14)15/h5-7,9,11H,3-4,16H2,1-2H3/t9-,11+/m0/s1. The van der Waals surface area contributed by atoms with Crippen LogP contribution in [0.2, 0.25) is 0 Å². The fraction of sp³-hybridized carbons (Fsp3) is 0.667. The van der Waals surface area contributed by atoms with E-state index in [1.54, 1.807) is 5.38 Å². The van der Waals surface area contributed by atoms with Crippen LogP contribution in [0.4, 0.5) is 13.2 Å². The highest BCUT2D eigenvalue weighted by Crippen LogP contribution is 2.39. The van der Waals surface area contributed by atoms with Crippen LogP contribution in [0.1, 0.15) is 36.8 Å². The van der Waals surface area contributed by atoms with Gasteiger partial charge in [0.2, 0.25) is 0 Å². The van der Waals surface area contributed by atoms with Gasteiger partial charge < -0.3 is 5.73 Å². The Kier molecular flexibility index (Phi) is 3.71. The summed E-state index contributed by atoms with van der Waals surface area (Å²) in [4.78, 5) is 1.63. The topological polar surface area (TPSA) is 29.3 Å². The number of alkyl halides is 3. The number of nitrogens with zero attached hydrogens (tertiary/aromatic N) is 1. The van der Waals surface area contributed by atoms with Gasteiger partial charge in [-0.2, -0.15) is 13.2 Å². The normalized spacial score (nSPS) is 26.2. The highest BCUT2D eigenvalue weighted by atomic mass is 32.1. The number of nitrogens with two attached hydrogens (primary N) is 1. The van der Waals surface area contributed by atoms with E-state index in [4.69, 9.17) is 5.73 Å². The third kappa shape index (κ3) is 2.55. The van der Waals surface area contributed by atoms with Crippen LogP contribution in [-0.2, 0) is 6.18 Å². The number of thiophene rings is 1. The quantitative estimate of drug-likeness (QED) is 0.899. The summed E-state index contributed by atoms with van der Waals surface area (Å²) in [6, 6.07) is 1.37. The minimum atomic E-state index is -4.26. The number of halogens is 3. The summed E-state index contributed by atoms with van der Waals surface area (Å²) in [6.45, 7) is 4.94. The van der Waals surface area contributed by atoms with Crippen LogP contribution in [0.5, 0.6) is 0 Å². The molecule has 2 rings (SSSR count). The molecule has 6 heteroatoms. The number of hydrogen-bond acceptors (Lipinski definition) is 3. The summed E-state index contributed by atoms with van der Waals surface area (Å²) in [5, 5.41) is 1.59. The van der Waals surface area contributed by atoms with Crippen molar-refractivity contribution in [2.75, 3.05) is 6.54 Å². The van der Waals surface area contributed by atoms with Gasteiger partial charge in [-0.15, -0.1) is 11.3 Å². The van der Waals surface area contributed by atoms with Crippen molar-refractivity contribution in [3.63, 3.8) is 0 Å². The van der Waals surface area contributed by atoms with E-state index < -0.39 is 11.1 Å². The Labute approximate surface area is 109 Å². The second kappa shape index (κ2) is 4.83. The van der Waals surface area contributed by atoms with Crippen molar-refractivity contribution >= 4 is 11.3 Å². The van der Waals surface area contributed by atoms with Gasteiger partial charge in [-0.1, -0.05) is 0 Å². The van der Waals surface area contributed by atoms with Gasteiger partial charge in [-0.05, 0) is 37.3 Å². The summed E-state index contributed by atoms with van der Waals surface area (Å²) >= 11 is 0.752. The van der Waals surface area contributed by atoms with Crippen LogP contribution >= 0.6 is 11.3 Å². The van der Waals surface area contributed by atoms with Crippen LogP contribution in [0, 0.1) is 0 Å². The monoisotopic (exact) mass is 278 g/mol. The highest BCUT2D eigenvalue weighted by molar-refractivity contribution is 7.10. The maximum atomic E-state index is 12.6. The number of likely N-dealkylation sites (tertiary alicyclic amines) is 1. The predicted molar refractivity (Wildman–Crippen MR) is 66.5 cm³/mol. The lowest BCUT2D eigenvalue weighted by molar-refractivity contribution is -0.134. The van der Waals surface area contributed by atoms with Gasteiger partial charge in [0, 0.05) is 18.6 Å². The minimum Gasteiger partial charge on any atom is -0.326 e. The maximum Gasteiger partial charge on any atom is 0.425 e. The molecule has 2 nitrogen and oxygen atoms in total. The SMILES string of the molecule is CC(C)N1CC[C@H](N)[C@H]1c1csc(C(F)(F)F)c1. The van der Waals surface area contributed by atoms with Gasteiger partial charge in [0.15, 0.2) is 0 Å². The van der Waals surface area contributed by atoms with E-state index in [2.05, 4.69) is 4.90 Å². The molecule has 102 valence electrons. The Balaban J connectivity index is 2.27. The van der Waals surface area contributed by atoms with E-state index in [1.807, 2.05) is 13.8 Å². The first-order valence-electron chi connectivity index (χ1n) is 5.97. The Morgan fingerprint density at radius 3 is 2.61 bits per heavy atom. The van der Waals surface area contributed by atoms with Crippen molar-refractivity contribution in [1.29, 1.82) is 0 Å². The highest BCUT2D eigenvalue weighted by Gasteiger charge is 2.38. The second-order valence-electron chi connectivity index (χ2n) is 4.97. The van der Waals surface area contributed by atoms with E-state index in [1.165, 1.54) is 6.07 Å². The van der Waals surface area contributed by atoms with Crippen molar-refractivity contribution in [2.24, 2.45) is 5.73 Å². The van der Waals surface area contributed by atoms with Gasteiger partial charge in [0.05, 0.1) is 6.04 Å². The molecule has 0 aliphatic carbocycles. The molecular formula is C12H17F3N2S. The summed E-state index contributed by atoms with van der Waals surface area (Å²) in [6.07, 6.45) is -3.42. The molecule has 0 aromatic carbocycles. The van der Waals surface area contributed by atoms with E-state index in [-0.39, 0.29) is 18.1 Å². The van der Waals surface area contributed by atoms with Crippen molar-refractivity contribution in [3.8, 4) is 0 Å². The molecule has 1 saturated heterocycles. The van der Waals surface area contributed by atoms with Crippen LogP contribution in [-0.4, -0.2) is 23.5 Å². The average molecular weight is 278 g/mol. The Morgan fingerprint density at radius 2 is 2.11 bits per heavy atom. The molecule has 18 heavy (non-hydrogen) atoms. The Morgan fingerprint density at radius 1 is 1.44 bits per heavy atom. The fourth-order valence-corrected chi connectivity index (χ4v) is 3.32. The number of rotatable bonds is 2. The number of hydrogen-bond donors (Lipinski definition) is 1. The van der Waals surface area contributed by atoms with E-state index in [9.17, 15) is 13.2 Å². The van der Waals surface area contributed by atoms with Crippen LogP contribution in [0.25, 0.3) is 0 Å². The van der Waals surface area contributed by atoms with Gasteiger partial charge in [0.25, 0.3) is 0 Å². The van der Waals surface area contributed by atoms with Gasteiger partial charge in [-0.3, -0.25) is 4.90 Å². The summed E-state index contributed by atoms with van der Waals surface area (Å²) in [5.74, 6) is 0. The Bertz CT molecular complexity index is 414. The Hall–Kier alpha value is -0.590. The van der Waals surface area contributed by atoms with Crippen LogP contribution in [0.3, 0.4) is 0 Å². The molecule has 1 aliphatic heterocycles. The summed E-state index contributed by atoms with van der Waals surface area (Å²) < 4.78 is 37.8. The summed E-state index contributed by atoms with van der Waals surface area (Å²) in [7, 11) is 0. The molecule has 1 aromatic rings. The van der Waals surface area contributed by atoms with Crippen LogP contribution < -0.4 is 5.73 Å². The molecule has 0 spiro atoms. The van der Waals surface area contributed by atoms with Crippen molar-refractivity contribution in [1.82, 2.24) is 4.90 Å². The molecule has 2 heterocycles. The lowest BCUT2D eigenvalue weighted by Crippen LogP contribution is -2.35. The molecule has 2 N–H and O–H groups in total. The molecule has 0 unspecified atom stereocenters. The molecule has 0 amide bonds. The van der Waals surface area contributed by atoms with E-state index in [0.29, 0.717) is 5.56 Å². The predicted octanol–water partition coefficient (Wildman–Crippen LogP) is 3.25. The van der Waals surface area contributed by atoms with E-state index in [0.717, 1.165) is 24.3 Å². The van der Waals surface area contributed by atoms with Gasteiger partial charge in [0.1, 0.15) is 4.88 Å². The zero-order valence-electron chi connectivity index (χ0n) is 10.4. The first-order chi connectivity index (χ1) is 8.30. The zero-order valence-corrected chi connectivity index (χ0v) is 11.2. The van der Waals surface area contributed by atoms with Crippen molar-refractivity contribution in [3.05, 3.63) is 21.9 Å². The zero-order chi connectivity index (χ0) is 13.5. The molecule has 1 aliphatic rings. The fourth-order valence-electron chi connectivity index (χ4n) is 2.51. The van der Waals surface area contributed by atoms with Gasteiger partial charge >= 0.3 is 6.18 Å². The molecule has 0 radical (unpaired) electrons. The lowest BCUT2D eigenvalue weighted by atomic mass is 10.0. The smallest absolute Gasteiger partial charge is 0.326 e. The third-order valence-corrected chi connectivity index (χ3v) is 4.38. The van der Waals surface area contributed by atoms with Crippen molar-refractivity contribution < 1.29 is 13.2 Å². The molecule has 0 bridgehead atoms. The molecule has 2 atom stereocenters. The lowest BCUT2D eigenvalue weighted by Gasteiger charge is -2.29. The molecule has 1 fully saturated rings. The van der Waals surface area contributed by atoms with E-state index >= 15 is 0 Å². The third-order valence-electron chi connectivity index (χ3n) is 3.39. The maximum absolute atomic E-state index is 12.6. The minimum absolute atomic E-state index is 0.0805. The largest absolute Gasteiger partial charge is 0.425 e. The molecular weight excluding hydrogens is 261 g/mol. The molecule has 0 saturated carbocycles. The first-order valence-corrected chi connectivity index (χ1v) is 6.85. The van der Waals surface area contributed by atoms with Crippen molar-refractivity contribution in [2.45, 2.75) is 44.6 Å². The van der Waals surface area contributed by atoms with Gasteiger partial charge in [-0.25, -0.2) is 0 Å². The second-order valence-corrected chi connectivity index (χ2v) is 5.88. The first kappa shape index (κ1) is 13.8.